The number of ketones is 1. The minimum Gasteiger partial charge on any atom is -0.465 e. The first kappa shape index (κ1) is 17.0. The minimum absolute atomic E-state index is 0.121. The Hall–Kier alpha value is -2.08. The fraction of sp³-hybridized carbons (Fsp3) is 0.444. The van der Waals surface area contributed by atoms with Gasteiger partial charge in [0.1, 0.15) is 11.7 Å². The molecule has 0 saturated heterocycles. The van der Waals surface area contributed by atoms with Gasteiger partial charge in [0, 0.05) is 12.0 Å². The molecule has 3 heteroatoms. The summed E-state index contributed by atoms with van der Waals surface area (Å²) in [5.74, 6) is 5.06. The number of benzene rings is 1. The van der Waals surface area contributed by atoms with Crippen LogP contribution in [0.3, 0.4) is 0 Å². The van der Waals surface area contributed by atoms with Gasteiger partial charge in [-0.05, 0) is 38.8 Å². The van der Waals surface area contributed by atoms with Crippen molar-refractivity contribution in [1.82, 2.24) is 0 Å². The SMILES string of the molecule is CCOC(=O)C(CCCCC#Cc1ccccc1)C(C)=O. The van der Waals surface area contributed by atoms with Crippen LogP contribution >= 0.6 is 0 Å². The first-order valence-electron chi connectivity index (χ1n) is 7.36. The molecule has 0 aliphatic carbocycles. The summed E-state index contributed by atoms with van der Waals surface area (Å²) in [5, 5.41) is 0. The second kappa shape index (κ2) is 9.77. The van der Waals surface area contributed by atoms with E-state index in [1.807, 2.05) is 30.3 Å². The molecular weight excluding hydrogens is 264 g/mol. The Labute approximate surface area is 126 Å². The summed E-state index contributed by atoms with van der Waals surface area (Å²) in [6, 6.07) is 9.82. The first-order chi connectivity index (χ1) is 10.1. The molecule has 1 aromatic rings. The summed E-state index contributed by atoms with van der Waals surface area (Å²) in [7, 11) is 0. The molecule has 1 unspecified atom stereocenters. The van der Waals surface area contributed by atoms with E-state index in [1.165, 1.54) is 6.92 Å². The van der Waals surface area contributed by atoms with Crippen molar-refractivity contribution in [3.63, 3.8) is 0 Å². The summed E-state index contributed by atoms with van der Waals surface area (Å²) in [6.45, 7) is 3.50. The van der Waals surface area contributed by atoms with Crippen molar-refractivity contribution < 1.29 is 14.3 Å². The number of hydrogen-bond acceptors (Lipinski definition) is 3. The predicted octanol–water partition coefficient (Wildman–Crippen LogP) is 3.37. The first-order valence-corrected chi connectivity index (χ1v) is 7.36. The lowest BCUT2D eigenvalue weighted by Crippen LogP contribution is -2.24. The normalized spacial score (nSPS) is 11.1. The monoisotopic (exact) mass is 286 g/mol. The van der Waals surface area contributed by atoms with Gasteiger partial charge in [0.05, 0.1) is 6.61 Å². The third-order valence-corrected chi connectivity index (χ3v) is 3.11. The Morgan fingerprint density at radius 2 is 1.90 bits per heavy atom. The highest BCUT2D eigenvalue weighted by molar-refractivity contribution is 5.97. The molecule has 0 N–H and O–H groups in total. The van der Waals surface area contributed by atoms with E-state index in [0.29, 0.717) is 13.0 Å². The quantitative estimate of drug-likeness (QED) is 0.334. The Balaban J connectivity index is 2.30. The molecule has 0 aromatic heterocycles. The summed E-state index contributed by atoms with van der Waals surface area (Å²) < 4.78 is 4.91. The van der Waals surface area contributed by atoms with Gasteiger partial charge < -0.3 is 4.74 Å². The number of carbonyl (C=O) groups is 2. The molecule has 0 aliphatic heterocycles. The van der Waals surface area contributed by atoms with E-state index in [0.717, 1.165) is 24.8 Å². The Morgan fingerprint density at radius 3 is 2.52 bits per heavy atom. The molecule has 1 aromatic carbocycles. The number of carbonyl (C=O) groups excluding carboxylic acids is 2. The van der Waals surface area contributed by atoms with Crippen molar-refractivity contribution in [3.05, 3.63) is 35.9 Å². The zero-order valence-corrected chi connectivity index (χ0v) is 12.7. The number of ether oxygens (including phenoxy) is 1. The number of rotatable bonds is 7. The molecule has 0 bridgehead atoms. The van der Waals surface area contributed by atoms with Gasteiger partial charge in [-0.3, -0.25) is 9.59 Å². The van der Waals surface area contributed by atoms with Gasteiger partial charge in [-0.25, -0.2) is 0 Å². The van der Waals surface area contributed by atoms with E-state index in [-0.39, 0.29) is 5.78 Å². The van der Waals surface area contributed by atoms with Crippen molar-refractivity contribution in [3.8, 4) is 11.8 Å². The standard InChI is InChI=1S/C18H22O3/c1-3-21-18(20)17(15(2)19)14-10-5-4-7-11-16-12-8-6-9-13-16/h6,8-9,12-13,17H,3-5,10,14H2,1-2H3. The lowest BCUT2D eigenvalue weighted by Gasteiger charge is -2.11. The average molecular weight is 286 g/mol. The van der Waals surface area contributed by atoms with Crippen molar-refractivity contribution in [2.24, 2.45) is 5.92 Å². The van der Waals surface area contributed by atoms with Gasteiger partial charge >= 0.3 is 5.97 Å². The van der Waals surface area contributed by atoms with Gasteiger partial charge in [0.25, 0.3) is 0 Å². The zero-order chi connectivity index (χ0) is 15.5. The second-order valence-corrected chi connectivity index (χ2v) is 4.83. The minimum atomic E-state index is -0.618. The van der Waals surface area contributed by atoms with Crippen LogP contribution in [0.4, 0.5) is 0 Å². The van der Waals surface area contributed by atoms with E-state index in [4.69, 9.17) is 4.74 Å². The highest BCUT2D eigenvalue weighted by atomic mass is 16.5. The molecule has 1 rings (SSSR count). The van der Waals surface area contributed by atoms with Gasteiger partial charge in [-0.1, -0.05) is 36.5 Å². The summed E-state index contributed by atoms with van der Waals surface area (Å²) in [5.41, 5.74) is 1.01. The predicted molar refractivity (Wildman–Crippen MR) is 82.6 cm³/mol. The average Bonchev–Trinajstić information content (AvgIpc) is 2.47. The summed E-state index contributed by atoms with van der Waals surface area (Å²) in [4.78, 5) is 23.1. The Kier molecular flexibility index (Phi) is 7.89. The van der Waals surface area contributed by atoms with Crippen molar-refractivity contribution >= 4 is 11.8 Å². The zero-order valence-electron chi connectivity index (χ0n) is 12.7. The number of esters is 1. The van der Waals surface area contributed by atoms with Crippen LogP contribution in [0.1, 0.15) is 45.1 Å². The molecule has 112 valence electrons. The highest BCUT2D eigenvalue weighted by Gasteiger charge is 2.23. The highest BCUT2D eigenvalue weighted by Crippen LogP contribution is 2.13. The van der Waals surface area contributed by atoms with Crippen LogP contribution in [0.5, 0.6) is 0 Å². The lowest BCUT2D eigenvalue weighted by atomic mass is 9.97. The second-order valence-electron chi connectivity index (χ2n) is 4.83. The van der Waals surface area contributed by atoms with E-state index >= 15 is 0 Å². The maximum absolute atomic E-state index is 11.6. The summed E-state index contributed by atoms with van der Waals surface area (Å²) in [6.07, 6.45) is 2.99. The van der Waals surface area contributed by atoms with E-state index in [1.54, 1.807) is 6.92 Å². The van der Waals surface area contributed by atoms with Crippen molar-refractivity contribution in [2.75, 3.05) is 6.61 Å². The Morgan fingerprint density at radius 1 is 1.19 bits per heavy atom. The van der Waals surface area contributed by atoms with E-state index < -0.39 is 11.9 Å². The summed E-state index contributed by atoms with van der Waals surface area (Å²) >= 11 is 0. The van der Waals surface area contributed by atoms with Crippen molar-refractivity contribution in [2.45, 2.75) is 39.5 Å². The van der Waals surface area contributed by atoms with Crippen LogP contribution in [0.15, 0.2) is 30.3 Å². The number of unbranched alkanes of at least 4 members (excludes halogenated alkanes) is 2. The fourth-order valence-electron chi connectivity index (χ4n) is 1.98. The van der Waals surface area contributed by atoms with Crippen LogP contribution < -0.4 is 0 Å². The van der Waals surface area contributed by atoms with Crippen LogP contribution in [0, 0.1) is 17.8 Å². The van der Waals surface area contributed by atoms with E-state index in [2.05, 4.69) is 11.8 Å². The molecule has 0 heterocycles. The molecule has 21 heavy (non-hydrogen) atoms. The fourth-order valence-corrected chi connectivity index (χ4v) is 1.98. The molecular formula is C18H22O3. The van der Waals surface area contributed by atoms with Crippen LogP contribution in [-0.4, -0.2) is 18.4 Å². The number of hydrogen-bond donors (Lipinski definition) is 0. The van der Waals surface area contributed by atoms with E-state index in [9.17, 15) is 9.59 Å². The number of Topliss-reactive ketones (excluding diaryl/α,β-unsaturated/α-hetero) is 1. The van der Waals surface area contributed by atoms with Crippen LogP contribution in [0.2, 0.25) is 0 Å². The molecule has 3 nitrogen and oxygen atoms in total. The smallest absolute Gasteiger partial charge is 0.316 e. The molecule has 0 radical (unpaired) electrons. The van der Waals surface area contributed by atoms with Crippen molar-refractivity contribution in [1.29, 1.82) is 0 Å². The van der Waals surface area contributed by atoms with Gasteiger partial charge in [-0.15, -0.1) is 0 Å². The van der Waals surface area contributed by atoms with Crippen LogP contribution in [-0.2, 0) is 14.3 Å². The van der Waals surface area contributed by atoms with Gasteiger partial charge in [0.2, 0.25) is 0 Å². The molecule has 0 aliphatic rings. The molecule has 0 fully saturated rings. The maximum Gasteiger partial charge on any atom is 0.316 e. The Bertz CT molecular complexity index is 508. The topological polar surface area (TPSA) is 43.4 Å². The molecule has 0 saturated carbocycles. The van der Waals surface area contributed by atoms with Gasteiger partial charge in [-0.2, -0.15) is 0 Å². The third-order valence-electron chi connectivity index (χ3n) is 3.11. The third kappa shape index (κ3) is 6.76. The largest absolute Gasteiger partial charge is 0.465 e. The molecule has 1 atom stereocenters. The van der Waals surface area contributed by atoms with Gasteiger partial charge in [0.15, 0.2) is 0 Å². The maximum atomic E-state index is 11.6. The molecule has 0 amide bonds. The molecule has 0 spiro atoms. The lowest BCUT2D eigenvalue weighted by molar-refractivity contribution is -0.151. The van der Waals surface area contributed by atoms with Crippen LogP contribution in [0.25, 0.3) is 0 Å².